The second-order valence-corrected chi connectivity index (χ2v) is 9.43. The van der Waals surface area contributed by atoms with Gasteiger partial charge in [-0.2, -0.15) is 0 Å². The van der Waals surface area contributed by atoms with Gasteiger partial charge in [0.05, 0.1) is 13.1 Å². The molecule has 5 N–H and O–H groups in total. The molecule has 2 fully saturated rings. The van der Waals surface area contributed by atoms with Crippen LogP contribution in [0.15, 0.2) is 54.6 Å². The van der Waals surface area contributed by atoms with Crippen LogP contribution in [-0.4, -0.2) is 77.3 Å². The summed E-state index contributed by atoms with van der Waals surface area (Å²) in [7, 11) is 0. The molecule has 0 spiro atoms. The predicted molar refractivity (Wildman–Crippen MR) is 137 cm³/mol. The van der Waals surface area contributed by atoms with Crippen LogP contribution < -0.4 is 21.3 Å². The maximum Gasteiger partial charge on any atom is 0.246 e. The van der Waals surface area contributed by atoms with Gasteiger partial charge < -0.3 is 31.3 Å². The van der Waals surface area contributed by atoms with Gasteiger partial charge >= 0.3 is 0 Å². The molecule has 3 atom stereocenters. The quantitative estimate of drug-likeness (QED) is 0.361. The molecule has 38 heavy (non-hydrogen) atoms. The molecule has 2 aliphatic rings. The Morgan fingerprint density at radius 3 is 2.13 bits per heavy atom. The highest BCUT2D eigenvalue weighted by molar-refractivity contribution is 5.96. The van der Waals surface area contributed by atoms with E-state index in [0.29, 0.717) is 24.9 Å². The van der Waals surface area contributed by atoms with Crippen molar-refractivity contribution in [3.63, 3.8) is 0 Å². The van der Waals surface area contributed by atoms with Crippen LogP contribution in [0.5, 0.6) is 5.75 Å². The van der Waals surface area contributed by atoms with E-state index in [1.165, 1.54) is 17.0 Å². The third-order valence-electron chi connectivity index (χ3n) is 6.63. The van der Waals surface area contributed by atoms with Crippen molar-refractivity contribution in [2.24, 2.45) is 0 Å². The summed E-state index contributed by atoms with van der Waals surface area (Å²) in [5.74, 6) is -2.56. The van der Waals surface area contributed by atoms with E-state index >= 15 is 0 Å². The number of nitrogens with zero attached hydrogens (tertiary/aromatic N) is 1. The van der Waals surface area contributed by atoms with Gasteiger partial charge in [-0.15, -0.1) is 0 Å². The summed E-state index contributed by atoms with van der Waals surface area (Å²) in [5, 5.41) is 20.0. The fourth-order valence-corrected chi connectivity index (χ4v) is 4.68. The molecule has 0 aromatic heterocycles. The van der Waals surface area contributed by atoms with Crippen molar-refractivity contribution in [3.8, 4) is 5.75 Å². The van der Waals surface area contributed by atoms with Gasteiger partial charge in [0.25, 0.3) is 0 Å². The Morgan fingerprint density at radius 1 is 0.737 bits per heavy atom. The molecular weight excluding hydrogens is 490 g/mol. The summed E-state index contributed by atoms with van der Waals surface area (Å²) >= 11 is 0. The normalized spacial score (nSPS) is 23.3. The third-order valence-corrected chi connectivity index (χ3v) is 6.63. The number of fused-ring (bicyclic) bond motifs is 1. The molecule has 2 heterocycles. The molecule has 2 saturated heterocycles. The van der Waals surface area contributed by atoms with Gasteiger partial charge in [-0.3, -0.25) is 24.0 Å². The zero-order chi connectivity index (χ0) is 27.1. The molecule has 0 bridgehead atoms. The van der Waals surface area contributed by atoms with E-state index in [9.17, 15) is 29.1 Å². The molecule has 0 unspecified atom stereocenters. The molecule has 0 aliphatic carbocycles. The van der Waals surface area contributed by atoms with Crippen LogP contribution in [0.25, 0.3) is 0 Å². The highest BCUT2D eigenvalue weighted by Crippen LogP contribution is 2.21. The number of phenolic OH excluding ortho intramolecular Hbond substituents is 1. The Bertz CT molecular complexity index is 1190. The van der Waals surface area contributed by atoms with Crippen LogP contribution in [0, 0.1) is 0 Å². The maximum atomic E-state index is 13.6. The number of aromatic hydroxyl groups is 1. The van der Waals surface area contributed by atoms with Crippen LogP contribution in [0.2, 0.25) is 0 Å². The summed E-state index contributed by atoms with van der Waals surface area (Å²) in [6.45, 7) is -0.439. The van der Waals surface area contributed by atoms with Crippen LogP contribution in [0.3, 0.4) is 0 Å². The topological polar surface area (TPSA) is 157 Å². The lowest BCUT2D eigenvalue weighted by molar-refractivity contribution is -0.142. The fraction of sp³-hybridized carbons (Fsp3) is 0.370. The Hall–Kier alpha value is -4.41. The van der Waals surface area contributed by atoms with Gasteiger partial charge in [0.15, 0.2) is 0 Å². The zero-order valence-electron chi connectivity index (χ0n) is 20.8. The summed E-state index contributed by atoms with van der Waals surface area (Å²) in [6, 6.07) is 12.6. The average Bonchev–Trinajstić information content (AvgIpc) is 3.41. The molecule has 0 saturated carbocycles. The number of carbonyl (C=O) groups excluding carboxylic acids is 5. The smallest absolute Gasteiger partial charge is 0.246 e. The van der Waals surface area contributed by atoms with Crippen LogP contribution in [0.1, 0.15) is 24.0 Å². The summed E-state index contributed by atoms with van der Waals surface area (Å²) < 4.78 is 0. The Balaban J connectivity index is 1.60. The molecule has 2 aliphatic heterocycles. The van der Waals surface area contributed by atoms with E-state index in [-0.39, 0.29) is 31.7 Å². The van der Waals surface area contributed by atoms with E-state index in [1.807, 2.05) is 30.3 Å². The van der Waals surface area contributed by atoms with Crippen molar-refractivity contribution in [2.75, 3.05) is 19.6 Å². The maximum absolute atomic E-state index is 13.6. The van der Waals surface area contributed by atoms with Crippen molar-refractivity contribution in [1.82, 2.24) is 26.2 Å². The number of rotatable bonds is 4. The first-order valence-electron chi connectivity index (χ1n) is 12.6. The van der Waals surface area contributed by atoms with Crippen molar-refractivity contribution in [3.05, 3.63) is 65.7 Å². The van der Waals surface area contributed by atoms with Crippen molar-refractivity contribution in [1.29, 1.82) is 0 Å². The Kier molecular flexibility index (Phi) is 8.57. The molecule has 5 amide bonds. The molecule has 0 radical (unpaired) electrons. The van der Waals surface area contributed by atoms with E-state index in [2.05, 4.69) is 21.3 Å². The Labute approximate surface area is 220 Å². The summed E-state index contributed by atoms with van der Waals surface area (Å²) in [5.41, 5.74) is 1.51. The first kappa shape index (κ1) is 26.6. The van der Waals surface area contributed by atoms with E-state index in [1.54, 1.807) is 12.1 Å². The highest BCUT2D eigenvalue weighted by atomic mass is 16.3. The molecule has 11 heteroatoms. The van der Waals surface area contributed by atoms with Gasteiger partial charge in [0.2, 0.25) is 29.5 Å². The number of phenols is 1. The molecule has 4 rings (SSSR count). The molecule has 200 valence electrons. The summed E-state index contributed by atoms with van der Waals surface area (Å²) in [4.78, 5) is 66.3. The second kappa shape index (κ2) is 12.2. The number of hydrogen-bond donors (Lipinski definition) is 5. The van der Waals surface area contributed by atoms with Crippen molar-refractivity contribution in [2.45, 2.75) is 43.8 Å². The van der Waals surface area contributed by atoms with Crippen molar-refractivity contribution >= 4 is 29.5 Å². The lowest BCUT2D eigenvalue weighted by Crippen LogP contribution is -2.57. The number of hydrogen-bond acceptors (Lipinski definition) is 6. The van der Waals surface area contributed by atoms with Crippen LogP contribution in [0.4, 0.5) is 0 Å². The SMILES string of the molecule is O=C1CNC(=O)[C@H](Cc2ccccc2)NC(=O)[C@@H]2CCCN2C(=O)[C@H](Cc2ccc(O)cc2)NC(=O)CN1. The lowest BCUT2D eigenvalue weighted by atomic mass is 10.0. The monoisotopic (exact) mass is 521 g/mol. The van der Waals surface area contributed by atoms with Gasteiger partial charge in [-0.05, 0) is 36.1 Å². The minimum absolute atomic E-state index is 0.0680. The number of carbonyl (C=O) groups is 5. The first-order chi connectivity index (χ1) is 18.3. The third kappa shape index (κ3) is 6.87. The molecule has 11 nitrogen and oxygen atoms in total. The highest BCUT2D eigenvalue weighted by Gasteiger charge is 2.39. The predicted octanol–water partition coefficient (Wildman–Crippen LogP) is -0.616. The first-order valence-corrected chi connectivity index (χ1v) is 12.6. The lowest BCUT2D eigenvalue weighted by Gasteiger charge is -2.30. The second-order valence-electron chi connectivity index (χ2n) is 9.43. The Morgan fingerprint density at radius 2 is 1.39 bits per heavy atom. The van der Waals surface area contributed by atoms with E-state index < -0.39 is 47.7 Å². The number of amides is 5. The van der Waals surface area contributed by atoms with E-state index in [0.717, 1.165) is 5.56 Å². The van der Waals surface area contributed by atoms with Crippen LogP contribution in [-0.2, 0) is 36.8 Å². The molecule has 2 aromatic rings. The fourth-order valence-electron chi connectivity index (χ4n) is 4.68. The van der Waals surface area contributed by atoms with Gasteiger partial charge in [-0.25, -0.2) is 0 Å². The van der Waals surface area contributed by atoms with Gasteiger partial charge in [0.1, 0.15) is 23.9 Å². The largest absolute Gasteiger partial charge is 0.508 e. The molecule has 2 aromatic carbocycles. The van der Waals surface area contributed by atoms with Gasteiger partial charge in [-0.1, -0.05) is 42.5 Å². The minimum Gasteiger partial charge on any atom is -0.508 e. The standard InChI is InChI=1S/C27H31N5O6/c33-19-10-8-18(9-11-19)14-21-27(38)32-12-4-7-22(32)26(37)31-20(13-17-5-2-1-3-6-17)25(36)29-15-23(34)28-16-24(35)30-21/h1-3,5-6,8-11,20-22,33H,4,7,12-16H2,(H,28,34)(H,29,36)(H,30,35)(H,31,37)/t20-,21-,22-/m0/s1. The minimum atomic E-state index is -0.998. The number of benzene rings is 2. The number of nitrogens with one attached hydrogen (secondary N) is 4. The zero-order valence-corrected chi connectivity index (χ0v) is 20.8. The van der Waals surface area contributed by atoms with Crippen LogP contribution >= 0.6 is 0 Å². The summed E-state index contributed by atoms with van der Waals surface area (Å²) in [6.07, 6.45) is 1.33. The van der Waals surface area contributed by atoms with Gasteiger partial charge in [0, 0.05) is 19.4 Å². The van der Waals surface area contributed by atoms with Crippen molar-refractivity contribution < 1.29 is 29.1 Å². The van der Waals surface area contributed by atoms with E-state index in [4.69, 9.17) is 0 Å². The average molecular weight is 522 g/mol. The molecular formula is C27H31N5O6.